The molecule has 0 spiro atoms. The number of nitrogens with one attached hydrogen (secondary N) is 1. The summed E-state index contributed by atoms with van der Waals surface area (Å²) in [6.45, 7) is 1.64. The van der Waals surface area contributed by atoms with E-state index in [9.17, 15) is 4.39 Å². The molecular weight excluding hydrogens is 209 g/mol. The molecule has 1 heterocycles. The van der Waals surface area contributed by atoms with E-state index < -0.39 is 0 Å². The lowest BCUT2D eigenvalue weighted by Crippen LogP contribution is -2.11. The van der Waals surface area contributed by atoms with E-state index in [0.29, 0.717) is 0 Å². The average molecular weight is 221 g/mol. The molecule has 0 aliphatic rings. The minimum Gasteiger partial charge on any atom is -0.309 e. The molecule has 0 fully saturated rings. The highest BCUT2D eigenvalue weighted by molar-refractivity contribution is 7.07. The zero-order chi connectivity index (χ0) is 10.5. The molecule has 0 bridgehead atoms. The van der Waals surface area contributed by atoms with Crippen molar-refractivity contribution in [3.05, 3.63) is 58.0 Å². The van der Waals surface area contributed by atoms with Crippen LogP contribution in [0, 0.1) is 5.82 Å². The first-order chi connectivity index (χ1) is 7.34. The van der Waals surface area contributed by atoms with Gasteiger partial charge < -0.3 is 5.32 Å². The number of rotatable bonds is 4. The summed E-state index contributed by atoms with van der Waals surface area (Å²) >= 11 is 1.70. The van der Waals surface area contributed by atoms with Crippen LogP contribution >= 0.6 is 11.3 Å². The second-order valence-corrected chi connectivity index (χ2v) is 4.14. The SMILES string of the molecule is Fc1ccc(CNCc2ccsc2)cc1. The van der Waals surface area contributed by atoms with Gasteiger partial charge in [0.05, 0.1) is 0 Å². The zero-order valence-electron chi connectivity index (χ0n) is 8.24. The Labute approximate surface area is 92.6 Å². The summed E-state index contributed by atoms with van der Waals surface area (Å²) < 4.78 is 12.6. The van der Waals surface area contributed by atoms with Gasteiger partial charge in [0.2, 0.25) is 0 Å². The zero-order valence-corrected chi connectivity index (χ0v) is 9.06. The summed E-state index contributed by atoms with van der Waals surface area (Å²) in [5.74, 6) is -0.184. The van der Waals surface area contributed by atoms with Crippen LogP contribution in [0.5, 0.6) is 0 Å². The molecule has 0 aliphatic heterocycles. The quantitative estimate of drug-likeness (QED) is 0.836. The van der Waals surface area contributed by atoms with Crippen LogP contribution in [0.3, 0.4) is 0 Å². The highest BCUT2D eigenvalue weighted by Gasteiger charge is 1.95. The Morgan fingerprint density at radius 3 is 2.40 bits per heavy atom. The molecule has 0 unspecified atom stereocenters. The molecule has 15 heavy (non-hydrogen) atoms. The van der Waals surface area contributed by atoms with Gasteiger partial charge in [-0.1, -0.05) is 12.1 Å². The van der Waals surface area contributed by atoms with Crippen molar-refractivity contribution in [2.45, 2.75) is 13.1 Å². The maximum Gasteiger partial charge on any atom is 0.123 e. The fraction of sp³-hybridized carbons (Fsp3) is 0.167. The number of hydrogen-bond acceptors (Lipinski definition) is 2. The van der Waals surface area contributed by atoms with Crippen molar-refractivity contribution in [2.75, 3.05) is 0 Å². The summed E-state index contributed by atoms with van der Waals surface area (Å²) in [6.07, 6.45) is 0. The first-order valence-corrected chi connectivity index (χ1v) is 5.75. The topological polar surface area (TPSA) is 12.0 Å². The summed E-state index contributed by atoms with van der Waals surface area (Å²) in [6, 6.07) is 8.68. The molecule has 1 N–H and O–H groups in total. The summed E-state index contributed by atoms with van der Waals surface area (Å²) in [5.41, 5.74) is 2.40. The summed E-state index contributed by atoms with van der Waals surface area (Å²) in [4.78, 5) is 0. The van der Waals surface area contributed by atoms with Crippen molar-refractivity contribution in [1.82, 2.24) is 5.32 Å². The van der Waals surface area contributed by atoms with E-state index in [1.54, 1.807) is 23.5 Å². The van der Waals surface area contributed by atoms with Gasteiger partial charge in [-0.25, -0.2) is 4.39 Å². The van der Waals surface area contributed by atoms with Crippen LogP contribution in [0.15, 0.2) is 41.1 Å². The maximum atomic E-state index is 12.6. The smallest absolute Gasteiger partial charge is 0.123 e. The first kappa shape index (κ1) is 10.3. The highest BCUT2D eigenvalue weighted by Crippen LogP contribution is 2.06. The fourth-order valence-corrected chi connectivity index (χ4v) is 2.02. The van der Waals surface area contributed by atoms with Gasteiger partial charge in [-0.3, -0.25) is 0 Å². The molecule has 1 aromatic heterocycles. The first-order valence-electron chi connectivity index (χ1n) is 4.81. The molecule has 1 nitrogen and oxygen atoms in total. The standard InChI is InChI=1S/C12H12FNS/c13-12-3-1-10(2-4-12)7-14-8-11-5-6-15-9-11/h1-6,9,14H,7-8H2. The van der Waals surface area contributed by atoms with Gasteiger partial charge in [-0.05, 0) is 40.1 Å². The van der Waals surface area contributed by atoms with Crippen molar-refractivity contribution in [1.29, 1.82) is 0 Å². The second-order valence-electron chi connectivity index (χ2n) is 3.36. The van der Waals surface area contributed by atoms with Crippen LogP contribution < -0.4 is 5.32 Å². The van der Waals surface area contributed by atoms with Gasteiger partial charge in [0.25, 0.3) is 0 Å². The highest BCUT2D eigenvalue weighted by atomic mass is 32.1. The van der Waals surface area contributed by atoms with Crippen molar-refractivity contribution >= 4 is 11.3 Å². The average Bonchev–Trinajstić information content (AvgIpc) is 2.74. The van der Waals surface area contributed by atoms with E-state index in [2.05, 4.69) is 22.1 Å². The molecule has 0 saturated carbocycles. The van der Waals surface area contributed by atoms with Crippen molar-refractivity contribution in [3.63, 3.8) is 0 Å². The maximum absolute atomic E-state index is 12.6. The Morgan fingerprint density at radius 1 is 1.00 bits per heavy atom. The van der Waals surface area contributed by atoms with Gasteiger partial charge in [-0.15, -0.1) is 0 Å². The van der Waals surface area contributed by atoms with Crippen LogP contribution in [-0.2, 0) is 13.1 Å². The predicted molar refractivity (Wildman–Crippen MR) is 61.3 cm³/mol. The second kappa shape index (κ2) is 5.05. The van der Waals surface area contributed by atoms with E-state index in [1.807, 2.05) is 0 Å². The fourth-order valence-electron chi connectivity index (χ4n) is 1.35. The number of halogens is 1. The van der Waals surface area contributed by atoms with Gasteiger partial charge >= 0.3 is 0 Å². The molecule has 2 rings (SSSR count). The Morgan fingerprint density at radius 2 is 1.73 bits per heavy atom. The van der Waals surface area contributed by atoms with E-state index in [-0.39, 0.29) is 5.82 Å². The Hall–Kier alpha value is -1.19. The van der Waals surface area contributed by atoms with Gasteiger partial charge in [0, 0.05) is 13.1 Å². The molecule has 1 aromatic carbocycles. The van der Waals surface area contributed by atoms with Crippen LogP contribution in [0.25, 0.3) is 0 Å². The lowest BCUT2D eigenvalue weighted by atomic mass is 10.2. The largest absolute Gasteiger partial charge is 0.309 e. The van der Waals surface area contributed by atoms with Gasteiger partial charge in [0.1, 0.15) is 5.82 Å². The molecule has 0 aliphatic carbocycles. The molecule has 0 atom stereocenters. The van der Waals surface area contributed by atoms with Gasteiger partial charge in [-0.2, -0.15) is 11.3 Å². The molecule has 2 aromatic rings. The molecule has 0 radical (unpaired) electrons. The Kier molecular flexibility index (Phi) is 3.48. The Bertz CT molecular complexity index is 394. The lowest BCUT2D eigenvalue weighted by Gasteiger charge is -2.03. The third-order valence-corrected chi connectivity index (χ3v) is 2.88. The predicted octanol–water partition coefficient (Wildman–Crippen LogP) is 3.18. The van der Waals surface area contributed by atoms with E-state index in [4.69, 9.17) is 0 Å². The van der Waals surface area contributed by atoms with E-state index in [1.165, 1.54) is 17.7 Å². The van der Waals surface area contributed by atoms with Crippen molar-refractivity contribution in [3.8, 4) is 0 Å². The minimum absolute atomic E-state index is 0.184. The minimum atomic E-state index is -0.184. The number of thiophene rings is 1. The molecular formula is C12H12FNS. The van der Waals surface area contributed by atoms with Crippen LogP contribution in [-0.4, -0.2) is 0 Å². The number of hydrogen-bond donors (Lipinski definition) is 1. The van der Waals surface area contributed by atoms with E-state index in [0.717, 1.165) is 18.7 Å². The molecule has 78 valence electrons. The van der Waals surface area contributed by atoms with E-state index >= 15 is 0 Å². The van der Waals surface area contributed by atoms with Crippen molar-refractivity contribution < 1.29 is 4.39 Å². The van der Waals surface area contributed by atoms with Crippen LogP contribution in [0.2, 0.25) is 0 Å². The normalized spacial score (nSPS) is 10.5. The van der Waals surface area contributed by atoms with Gasteiger partial charge in [0.15, 0.2) is 0 Å². The molecule has 0 amide bonds. The lowest BCUT2D eigenvalue weighted by molar-refractivity contribution is 0.625. The van der Waals surface area contributed by atoms with Crippen molar-refractivity contribution in [2.24, 2.45) is 0 Å². The van der Waals surface area contributed by atoms with Crippen LogP contribution in [0.1, 0.15) is 11.1 Å². The third kappa shape index (κ3) is 3.15. The summed E-state index contributed by atoms with van der Waals surface area (Å²) in [5, 5.41) is 7.49. The summed E-state index contributed by atoms with van der Waals surface area (Å²) in [7, 11) is 0. The van der Waals surface area contributed by atoms with Crippen LogP contribution in [0.4, 0.5) is 4.39 Å². The monoisotopic (exact) mass is 221 g/mol. The third-order valence-electron chi connectivity index (χ3n) is 2.15. The number of benzene rings is 1. The molecule has 3 heteroatoms. The Balaban J connectivity index is 1.81. The molecule has 0 saturated heterocycles.